The van der Waals surface area contributed by atoms with Gasteiger partial charge >= 0.3 is 11.9 Å². The summed E-state index contributed by atoms with van der Waals surface area (Å²) in [5.41, 5.74) is 0.112. The second-order valence-electron chi connectivity index (χ2n) is 3.75. The lowest BCUT2D eigenvalue weighted by Crippen LogP contribution is -2.31. The van der Waals surface area contributed by atoms with E-state index in [0.717, 1.165) is 0 Å². The third kappa shape index (κ3) is 1.62. The van der Waals surface area contributed by atoms with E-state index in [2.05, 4.69) is 9.93 Å². The van der Waals surface area contributed by atoms with E-state index < -0.39 is 11.9 Å². The molecule has 2 N–H and O–H groups in total. The van der Waals surface area contributed by atoms with Gasteiger partial charge in [0.1, 0.15) is 0 Å². The van der Waals surface area contributed by atoms with Gasteiger partial charge in [-0.3, -0.25) is 4.89 Å². The highest BCUT2D eigenvalue weighted by Gasteiger charge is 2.39. The Balaban J connectivity index is 2.40. The number of carboxylic acids is 1. The van der Waals surface area contributed by atoms with Crippen LogP contribution in [0.5, 0.6) is 0 Å². The maximum Gasteiger partial charge on any atom is 0.373 e. The molecule has 0 aromatic rings. The number of hydrogen-bond acceptors (Lipinski definition) is 5. The molecule has 2 unspecified atom stereocenters. The molecule has 0 aliphatic heterocycles. The maximum absolute atomic E-state index is 11.4. The predicted octanol–water partition coefficient (Wildman–Crippen LogP) is 0.911. The smallest absolute Gasteiger partial charge is 0.373 e. The molecule has 6 heteroatoms. The van der Waals surface area contributed by atoms with Crippen LogP contribution in [0.3, 0.4) is 0 Å². The molecule has 0 spiro atoms. The molecule has 86 valence electrons. The van der Waals surface area contributed by atoms with E-state index in [4.69, 9.17) is 10.4 Å². The lowest BCUT2D eigenvalue weighted by Gasteiger charge is -2.32. The van der Waals surface area contributed by atoms with Crippen LogP contribution in [0.2, 0.25) is 0 Å². The van der Waals surface area contributed by atoms with Gasteiger partial charge in [-0.1, -0.05) is 12.2 Å². The molecule has 0 amide bonds. The fraction of sp³-hybridized carbons (Fsp3) is 0.400. The molecule has 3 aliphatic carbocycles. The molecule has 2 bridgehead atoms. The summed E-state index contributed by atoms with van der Waals surface area (Å²) < 4.78 is 0. The van der Waals surface area contributed by atoms with Gasteiger partial charge < -0.3 is 5.11 Å². The molecular formula is C10H10O6. The van der Waals surface area contributed by atoms with Crippen molar-refractivity contribution in [2.24, 2.45) is 11.8 Å². The number of fused-ring (bicyclic) bond motifs is 1. The molecule has 16 heavy (non-hydrogen) atoms. The van der Waals surface area contributed by atoms with E-state index in [1.807, 2.05) is 0 Å². The molecule has 0 saturated carbocycles. The second-order valence-corrected chi connectivity index (χ2v) is 3.75. The fourth-order valence-corrected chi connectivity index (χ4v) is 2.31. The van der Waals surface area contributed by atoms with Crippen molar-refractivity contribution >= 4 is 11.9 Å². The molecular weight excluding hydrogens is 216 g/mol. The van der Waals surface area contributed by atoms with Crippen LogP contribution in [0.25, 0.3) is 0 Å². The Morgan fingerprint density at radius 2 is 1.75 bits per heavy atom. The standard InChI is InChI=1S/C10H10O6/c11-9(12)7-5-1-3-6(4-2-5)8(7)10(13)15-16-14/h1,3,5-6,14H,2,4H2,(H,11,12). The quantitative estimate of drug-likeness (QED) is 0.422. The Morgan fingerprint density at radius 1 is 1.19 bits per heavy atom. The third-order valence-electron chi connectivity index (χ3n) is 2.96. The molecule has 0 heterocycles. The van der Waals surface area contributed by atoms with Gasteiger partial charge in [-0.25, -0.2) is 14.8 Å². The van der Waals surface area contributed by atoms with Crippen LogP contribution in [-0.2, 0) is 19.5 Å². The van der Waals surface area contributed by atoms with Crippen LogP contribution in [-0.4, -0.2) is 22.3 Å². The van der Waals surface area contributed by atoms with Crippen LogP contribution in [0.4, 0.5) is 0 Å². The minimum absolute atomic E-state index is 0.0424. The molecule has 6 nitrogen and oxygen atoms in total. The Hall–Kier alpha value is -1.66. The summed E-state index contributed by atoms with van der Waals surface area (Å²) in [5, 5.41) is 20.4. The first kappa shape index (κ1) is 10.8. The van der Waals surface area contributed by atoms with E-state index in [1.165, 1.54) is 0 Å². The Kier molecular flexibility index (Phi) is 2.76. The van der Waals surface area contributed by atoms with Crippen LogP contribution in [0, 0.1) is 11.8 Å². The highest BCUT2D eigenvalue weighted by molar-refractivity contribution is 6.01. The van der Waals surface area contributed by atoms with E-state index >= 15 is 0 Å². The predicted molar refractivity (Wildman–Crippen MR) is 49.8 cm³/mol. The lowest BCUT2D eigenvalue weighted by molar-refractivity contribution is -0.461. The zero-order valence-electron chi connectivity index (χ0n) is 8.25. The van der Waals surface area contributed by atoms with Gasteiger partial charge in [-0.05, 0) is 17.9 Å². The van der Waals surface area contributed by atoms with E-state index in [9.17, 15) is 9.59 Å². The first-order valence-corrected chi connectivity index (χ1v) is 4.83. The molecule has 3 rings (SSSR count). The molecule has 2 atom stereocenters. The number of allylic oxidation sites excluding steroid dienone is 2. The number of carboxylic acid groups (broad SMARTS) is 1. The zero-order chi connectivity index (χ0) is 11.7. The van der Waals surface area contributed by atoms with Crippen molar-refractivity contribution in [1.29, 1.82) is 0 Å². The normalized spacial score (nSPS) is 27.1. The average molecular weight is 226 g/mol. The Bertz CT molecular complexity index is 394. The monoisotopic (exact) mass is 226 g/mol. The number of hydrogen-bond donors (Lipinski definition) is 2. The third-order valence-corrected chi connectivity index (χ3v) is 2.96. The summed E-state index contributed by atoms with van der Waals surface area (Å²) in [6.45, 7) is 0. The summed E-state index contributed by atoms with van der Waals surface area (Å²) in [6.07, 6.45) is 4.98. The van der Waals surface area contributed by atoms with Crippen molar-refractivity contribution in [3.8, 4) is 0 Å². The molecule has 0 radical (unpaired) electrons. The van der Waals surface area contributed by atoms with Gasteiger partial charge in [0.15, 0.2) is 0 Å². The average Bonchev–Trinajstić information content (AvgIpc) is 2.29. The van der Waals surface area contributed by atoms with Crippen LogP contribution >= 0.6 is 0 Å². The topological polar surface area (TPSA) is 93.1 Å². The molecule has 0 fully saturated rings. The van der Waals surface area contributed by atoms with Crippen LogP contribution in [0.15, 0.2) is 23.3 Å². The van der Waals surface area contributed by atoms with Gasteiger partial charge in [-0.15, -0.1) is 0 Å². The number of rotatable bonds is 3. The van der Waals surface area contributed by atoms with Gasteiger partial charge in [-0.2, -0.15) is 0 Å². The Labute approximate surface area is 90.6 Å². The summed E-state index contributed by atoms with van der Waals surface area (Å²) in [5.74, 6) is -2.61. The number of aliphatic carboxylic acids is 1. The molecule has 3 aliphatic rings. The van der Waals surface area contributed by atoms with Gasteiger partial charge in [0.2, 0.25) is 0 Å². The molecule has 0 aromatic carbocycles. The number of carbonyl (C=O) groups is 2. The SMILES string of the molecule is O=C(O)C1=C(C(=O)OOO)C2C=CC1CC2. The van der Waals surface area contributed by atoms with Crippen molar-refractivity contribution in [1.82, 2.24) is 0 Å². The highest BCUT2D eigenvalue weighted by Crippen LogP contribution is 2.41. The van der Waals surface area contributed by atoms with Crippen molar-refractivity contribution in [2.75, 3.05) is 0 Å². The first-order valence-electron chi connectivity index (χ1n) is 4.83. The molecule has 0 saturated heterocycles. The largest absolute Gasteiger partial charge is 0.478 e. The minimum Gasteiger partial charge on any atom is -0.478 e. The van der Waals surface area contributed by atoms with E-state index in [1.54, 1.807) is 12.2 Å². The van der Waals surface area contributed by atoms with Gasteiger partial charge in [0, 0.05) is 11.8 Å². The van der Waals surface area contributed by atoms with Gasteiger partial charge in [0.05, 0.1) is 11.1 Å². The summed E-state index contributed by atoms with van der Waals surface area (Å²) in [6, 6.07) is 0. The van der Waals surface area contributed by atoms with Gasteiger partial charge in [0.25, 0.3) is 0 Å². The summed E-state index contributed by atoms with van der Waals surface area (Å²) in [4.78, 5) is 26.5. The lowest BCUT2D eigenvalue weighted by atomic mass is 9.71. The Morgan fingerprint density at radius 3 is 2.19 bits per heavy atom. The minimum atomic E-state index is -1.14. The van der Waals surface area contributed by atoms with Crippen LogP contribution in [0.1, 0.15) is 12.8 Å². The van der Waals surface area contributed by atoms with Crippen LogP contribution < -0.4 is 0 Å². The summed E-state index contributed by atoms with van der Waals surface area (Å²) in [7, 11) is 0. The maximum atomic E-state index is 11.4. The van der Waals surface area contributed by atoms with Crippen molar-refractivity contribution in [3.05, 3.63) is 23.3 Å². The molecule has 0 aromatic heterocycles. The number of carbonyl (C=O) groups excluding carboxylic acids is 1. The van der Waals surface area contributed by atoms with Crippen molar-refractivity contribution < 1.29 is 29.9 Å². The van der Waals surface area contributed by atoms with E-state index in [0.29, 0.717) is 12.8 Å². The zero-order valence-corrected chi connectivity index (χ0v) is 8.25. The fourth-order valence-electron chi connectivity index (χ4n) is 2.31. The van der Waals surface area contributed by atoms with Crippen molar-refractivity contribution in [3.63, 3.8) is 0 Å². The van der Waals surface area contributed by atoms with Crippen molar-refractivity contribution in [2.45, 2.75) is 12.8 Å². The first-order chi connectivity index (χ1) is 7.65. The highest BCUT2D eigenvalue weighted by atomic mass is 17.5. The summed E-state index contributed by atoms with van der Waals surface area (Å²) >= 11 is 0. The second kappa shape index (κ2) is 4.07. The van der Waals surface area contributed by atoms with E-state index in [-0.39, 0.29) is 23.0 Å².